The molecule has 0 saturated carbocycles. The van der Waals surface area contributed by atoms with E-state index in [0.717, 1.165) is 23.1 Å². The minimum absolute atomic E-state index is 0.0186. The van der Waals surface area contributed by atoms with Crippen molar-refractivity contribution < 1.29 is 24.3 Å². The van der Waals surface area contributed by atoms with Gasteiger partial charge in [-0.25, -0.2) is 0 Å². The van der Waals surface area contributed by atoms with E-state index in [0.29, 0.717) is 70.5 Å². The van der Waals surface area contributed by atoms with Gasteiger partial charge in [-0.3, -0.25) is 19.2 Å². The number of fused-ring (bicyclic) bond motifs is 5. The Bertz CT molecular complexity index is 1460. The average Bonchev–Trinajstić information content (AvgIpc) is 3.13. The van der Waals surface area contributed by atoms with Crippen LogP contribution < -0.4 is 49.9 Å². The zero-order valence-electron chi connectivity index (χ0n) is 30.4. The fourth-order valence-electron chi connectivity index (χ4n) is 6.30. The summed E-state index contributed by atoms with van der Waals surface area (Å²) >= 11 is 0. The molecule has 0 aromatic heterocycles. The summed E-state index contributed by atoms with van der Waals surface area (Å²) in [6.45, 7) is 2.64. The van der Waals surface area contributed by atoms with Crippen LogP contribution in [0.15, 0.2) is 42.5 Å². The summed E-state index contributed by atoms with van der Waals surface area (Å²) < 4.78 is 0. The molecule has 15 nitrogen and oxygen atoms in total. The van der Waals surface area contributed by atoms with Crippen LogP contribution in [0.3, 0.4) is 0 Å². The molecule has 0 saturated heterocycles. The molecule has 15 N–H and O–H groups in total. The van der Waals surface area contributed by atoms with Gasteiger partial charge in [-0.05, 0) is 92.5 Å². The number of carbonyl (C=O) groups excluding carboxylic acids is 4. The van der Waals surface area contributed by atoms with Crippen molar-refractivity contribution in [1.82, 2.24) is 26.2 Å². The molecule has 0 unspecified atom stereocenters. The molecule has 0 fully saturated rings. The highest BCUT2D eigenvalue weighted by Gasteiger charge is 2.34. The van der Waals surface area contributed by atoms with Crippen LogP contribution in [0, 0.1) is 0 Å². The molecule has 4 amide bonds. The molecule has 0 aliphatic carbocycles. The zero-order valence-corrected chi connectivity index (χ0v) is 30.4. The lowest BCUT2D eigenvalue weighted by Gasteiger charge is -2.33. The third-order valence-electron chi connectivity index (χ3n) is 9.31. The van der Waals surface area contributed by atoms with Gasteiger partial charge in [-0.2, -0.15) is 0 Å². The van der Waals surface area contributed by atoms with Crippen LogP contribution in [0.25, 0.3) is 11.1 Å². The molecule has 3 rings (SSSR count). The summed E-state index contributed by atoms with van der Waals surface area (Å²) in [6, 6.07) is 9.37. The number of carbonyl (C=O) groups is 4. The van der Waals surface area contributed by atoms with Gasteiger partial charge in [0.25, 0.3) is 0 Å². The molecule has 1 aliphatic heterocycles. The van der Waals surface area contributed by atoms with Gasteiger partial charge in [-0.1, -0.05) is 30.3 Å². The van der Waals surface area contributed by atoms with Crippen molar-refractivity contribution in [2.45, 2.75) is 88.0 Å². The van der Waals surface area contributed by atoms with Gasteiger partial charge in [0.1, 0.15) is 17.8 Å². The van der Waals surface area contributed by atoms with Crippen LogP contribution in [-0.2, 0) is 32.0 Å². The van der Waals surface area contributed by atoms with E-state index in [2.05, 4.69) is 21.3 Å². The second-order valence-electron chi connectivity index (χ2n) is 13.6. The first-order valence-electron chi connectivity index (χ1n) is 18.3. The summed E-state index contributed by atoms with van der Waals surface area (Å²) in [5, 5.41) is 22.7. The molecule has 1 aliphatic rings. The third kappa shape index (κ3) is 13.5. The van der Waals surface area contributed by atoms with Gasteiger partial charge in [0, 0.05) is 58.0 Å². The average molecular weight is 725 g/mol. The smallest absolute Gasteiger partial charge is 0.245 e. The molecule has 2 aromatic carbocycles. The molecular formula is C37H60N10O5. The van der Waals surface area contributed by atoms with E-state index < -0.39 is 29.9 Å². The van der Waals surface area contributed by atoms with Crippen LogP contribution in [0.2, 0.25) is 0 Å². The maximum absolute atomic E-state index is 14.2. The summed E-state index contributed by atoms with van der Waals surface area (Å²) in [5.74, 6) is -1.43. The summed E-state index contributed by atoms with van der Waals surface area (Å²) in [7, 11) is 1.57. The molecule has 2 aromatic rings. The molecule has 288 valence electrons. The van der Waals surface area contributed by atoms with E-state index in [1.54, 1.807) is 25.2 Å². The predicted octanol–water partition coefficient (Wildman–Crippen LogP) is -1.08. The number of rotatable bonds is 18. The fraction of sp³-hybridized carbons (Fsp3) is 0.568. The Kier molecular flexibility index (Phi) is 17.9. The standard InChI is InChI=1S/C37H60N10O5/c1-47-32(36(51)45-29(9-3-13-38)23-43-16-5-8-28(41)22-34(49)44-17-15-40)19-24-6-2-7-25(18-24)26-11-12-33(48)27(20-26)21-30(42)35(50)46-31(37(47)52)10-4-14-39/h2,6-7,11-12,18,20,28-32,43,48H,3-5,8-10,13-17,19,21-23,38-42H2,1H3,(H,44,49)(H,45,51)(H,46,50)/t28-,29-,30-,31-,32-/m0/s1. The maximum Gasteiger partial charge on any atom is 0.245 e. The van der Waals surface area contributed by atoms with Crippen molar-refractivity contribution in [3.63, 3.8) is 0 Å². The summed E-state index contributed by atoms with van der Waals surface area (Å²) in [6.07, 6.45) is 3.89. The molecule has 5 atom stereocenters. The van der Waals surface area contributed by atoms with Crippen LogP contribution in [0.4, 0.5) is 0 Å². The SMILES string of the molecule is CN1C(=O)[C@H](CCCN)NC(=O)[C@@H](N)Cc2cc(ccc2O)-c2cccc(c2)C[C@H]1C(=O)N[C@@H](CCCN)CNCCC[C@H](N)CC(=O)NCCN. The molecule has 1 heterocycles. The lowest BCUT2D eigenvalue weighted by atomic mass is 9.95. The number of aromatic hydroxyl groups is 1. The van der Waals surface area contributed by atoms with E-state index in [4.69, 9.17) is 28.7 Å². The number of hydrogen-bond acceptors (Lipinski definition) is 11. The second-order valence-corrected chi connectivity index (χ2v) is 13.6. The zero-order chi connectivity index (χ0) is 38.0. The van der Waals surface area contributed by atoms with E-state index in [1.165, 1.54) is 4.90 Å². The first kappa shape index (κ1) is 42.3. The predicted molar refractivity (Wildman–Crippen MR) is 203 cm³/mol. The van der Waals surface area contributed by atoms with Gasteiger partial charge in [0.2, 0.25) is 23.6 Å². The topological polar surface area (TPSA) is 270 Å². The minimum Gasteiger partial charge on any atom is -0.508 e. The minimum atomic E-state index is -1.04. The number of likely N-dealkylation sites (N-methyl/N-ethyl adjacent to an activating group) is 1. The van der Waals surface area contributed by atoms with Gasteiger partial charge in [-0.15, -0.1) is 0 Å². The maximum atomic E-state index is 14.2. The molecule has 4 bridgehead atoms. The second kappa shape index (κ2) is 22.1. The largest absolute Gasteiger partial charge is 0.508 e. The summed E-state index contributed by atoms with van der Waals surface area (Å²) in [4.78, 5) is 55.0. The number of hydrogen-bond donors (Lipinski definition) is 10. The highest BCUT2D eigenvalue weighted by atomic mass is 16.3. The van der Waals surface area contributed by atoms with Crippen LogP contribution >= 0.6 is 0 Å². The van der Waals surface area contributed by atoms with Gasteiger partial charge < -0.3 is 59.9 Å². The van der Waals surface area contributed by atoms with Crippen molar-refractivity contribution in [2.75, 3.05) is 46.3 Å². The highest BCUT2D eigenvalue weighted by molar-refractivity contribution is 5.93. The van der Waals surface area contributed by atoms with Crippen molar-refractivity contribution in [3.8, 4) is 16.9 Å². The van der Waals surface area contributed by atoms with Crippen molar-refractivity contribution in [2.24, 2.45) is 28.7 Å². The number of benzene rings is 2. The number of phenols is 1. The third-order valence-corrected chi connectivity index (χ3v) is 9.31. The normalized spacial score (nSPS) is 19.2. The molecule has 52 heavy (non-hydrogen) atoms. The Labute approximate surface area is 307 Å². The molecular weight excluding hydrogens is 664 g/mol. The van der Waals surface area contributed by atoms with Gasteiger partial charge in [0.05, 0.1) is 6.04 Å². The Morgan fingerprint density at radius 2 is 1.71 bits per heavy atom. The van der Waals surface area contributed by atoms with Crippen LogP contribution in [-0.4, -0.2) is 110 Å². The highest BCUT2D eigenvalue weighted by Crippen LogP contribution is 2.28. The quantitative estimate of drug-likeness (QED) is 0.0827. The number of nitrogens with zero attached hydrogens (tertiary/aromatic N) is 1. The Morgan fingerprint density at radius 3 is 2.44 bits per heavy atom. The lowest BCUT2D eigenvalue weighted by Crippen LogP contribution is -2.58. The number of nitrogens with one attached hydrogen (secondary N) is 4. The van der Waals surface area contributed by atoms with Gasteiger partial charge >= 0.3 is 0 Å². The first-order valence-corrected chi connectivity index (χ1v) is 18.3. The van der Waals surface area contributed by atoms with Crippen molar-refractivity contribution >= 4 is 23.6 Å². The van der Waals surface area contributed by atoms with E-state index >= 15 is 0 Å². The number of phenolic OH excluding ortho intramolecular Hbond substituents is 1. The Morgan fingerprint density at radius 1 is 0.962 bits per heavy atom. The van der Waals surface area contributed by atoms with Gasteiger partial charge in [0.15, 0.2) is 0 Å². The fourth-order valence-corrected chi connectivity index (χ4v) is 6.30. The monoisotopic (exact) mass is 724 g/mol. The van der Waals surface area contributed by atoms with E-state index in [1.807, 2.05) is 24.3 Å². The Hall–Kier alpha value is -4.12. The van der Waals surface area contributed by atoms with E-state index in [9.17, 15) is 24.3 Å². The molecule has 0 radical (unpaired) electrons. The van der Waals surface area contributed by atoms with Crippen molar-refractivity contribution in [3.05, 3.63) is 53.6 Å². The van der Waals surface area contributed by atoms with Crippen LogP contribution in [0.5, 0.6) is 5.75 Å². The number of amides is 4. The molecule has 15 heteroatoms. The summed E-state index contributed by atoms with van der Waals surface area (Å²) in [5.41, 5.74) is 32.5. The van der Waals surface area contributed by atoms with E-state index in [-0.39, 0.29) is 55.3 Å². The first-order chi connectivity index (χ1) is 25.0. The number of nitrogens with two attached hydrogens (primary N) is 5. The molecule has 0 spiro atoms. The Balaban J connectivity index is 1.83. The van der Waals surface area contributed by atoms with Crippen molar-refractivity contribution in [1.29, 1.82) is 0 Å². The lowest BCUT2D eigenvalue weighted by molar-refractivity contribution is -0.142. The van der Waals surface area contributed by atoms with Crippen LogP contribution in [0.1, 0.15) is 56.1 Å².